The standard InChI is InChI=1S/C9H14N4O4/c1-6(14)12-7(9(15)16-2)3-10-4-8-11-5-17-13-8/h5,7,10H,3-4H2,1-2H3,(H,12,14). The fraction of sp³-hybridized carbons (Fsp3) is 0.556. The third-order valence-electron chi connectivity index (χ3n) is 1.90. The molecule has 0 aromatic carbocycles. The van der Waals surface area contributed by atoms with Crippen LogP contribution in [0, 0.1) is 0 Å². The normalized spacial score (nSPS) is 11.9. The summed E-state index contributed by atoms with van der Waals surface area (Å²) in [5.74, 6) is -0.348. The Labute approximate surface area is 97.7 Å². The minimum absolute atomic E-state index is 0.223. The van der Waals surface area contributed by atoms with Crippen molar-refractivity contribution in [1.82, 2.24) is 20.8 Å². The zero-order valence-electron chi connectivity index (χ0n) is 9.60. The molecule has 0 aliphatic rings. The van der Waals surface area contributed by atoms with Crippen LogP contribution in [0.5, 0.6) is 0 Å². The van der Waals surface area contributed by atoms with Crippen molar-refractivity contribution in [2.45, 2.75) is 19.5 Å². The Hall–Kier alpha value is -1.96. The van der Waals surface area contributed by atoms with Crippen molar-refractivity contribution in [3.63, 3.8) is 0 Å². The molecule has 0 spiro atoms. The first-order valence-corrected chi connectivity index (χ1v) is 4.94. The van der Waals surface area contributed by atoms with Gasteiger partial charge in [-0.2, -0.15) is 4.98 Å². The molecule has 1 atom stereocenters. The van der Waals surface area contributed by atoms with Gasteiger partial charge in [-0.1, -0.05) is 5.16 Å². The van der Waals surface area contributed by atoms with Crippen molar-refractivity contribution >= 4 is 11.9 Å². The van der Waals surface area contributed by atoms with Crippen molar-refractivity contribution in [1.29, 1.82) is 0 Å². The van der Waals surface area contributed by atoms with Gasteiger partial charge in [0, 0.05) is 13.5 Å². The lowest BCUT2D eigenvalue weighted by Gasteiger charge is -2.15. The molecule has 1 heterocycles. The predicted octanol–water partition coefficient (Wildman–Crippen LogP) is -1.16. The SMILES string of the molecule is COC(=O)C(CNCc1ncon1)NC(C)=O. The van der Waals surface area contributed by atoms with Gasteiger partial charge in [0.25, 0.3) is 0 Å². The zero-order valence-corrected chi connectivity index (χ0v) is 9.60. The summed E-state index contributed by atoms with van der Waals surface area (Å²) in [6, 6.07) is -0.732. The van der Waals surface area contributed by atoms with Crippen LogP contribution in [0.15, 0.2) is 10.9 Å². The van der Waals surface area contributed by atoms with Crippen molar-refractivity contribution in [3.8, 4) is 0 Å². The van der Waals surface area contributed by atoms with E-state index in [0.29, 0.717) is 12.4 Å². The molecule has 17 heavy (non-hydrogen) atoms. The zero-order chi connectivity index (χ0) is 12.7. The molecule has 94 valence electrons. The van der Waals surface area contributed by atoms with E-state index in [-0.39, 0.29) is 12.5 Å². The van der Waals surface area contributed by atoms with E-state index in [4.69, 9.17) is 0 Å². The minimum Gasteiger partial charge on any atom is -0.467 e. The number of carbonyl (C=O) groups is 2. The summed E-state index contributed by atoms with van der Waals surface area (Å²) in [4.78, 5) is 26.0. The highest BCUT2D eigenvalue weighted by atomic mass is 16.5. The summed E-state index contributed by atoms with van der Waals surface area (Å²) < 4.78 is 9.10. The van der Waals surface area contributed by atoms with Crippen LogP contribution in [0.2, 0.25) is 0 Å². The van der Waals surface area contributed by atoms with Crippen LogP contribution in [-0.4, -0.2) is 41.7 Å². The molecule has 0 aliphatic heterocycles. The van der Waals surface area contributed by atoms with Gasteiger partial charge in [-0.15, -0.1) is 0 Å². The summed E-state index contributed by atoms with van der Waals surface area (Å²) in [6.07, 6.45) is 1.21. The number of amides is 1. The van der Waals surface area contributed by atoms with Crippen LogP contribution >= 0.6 is 0 Å². The van der Waals surface area contributed by atoms with Gasteiger partial charge in [-0.25, -0.2) is 4.79 Å². The maximum absolute atomic E-state index is 11.3. The Kier molecular flexibility index (Phi) is 5.08. The fourth-order valence-electron chi connectivity index (χ4n) is 1.18. The number of nitrogens with zero attached hydrogens (tertiary/aromatic N) is 2. The minimum atomic E-state index is -0.732. The average Bonchev–Trinajstić information content (AvgIpc) is 2.79. The number of ether oxygens (including phenoxy) is 1. The van der Waals surface area contributed by atoms with E-state index >= 15 is 0 Å². The molecule has 1 rings (SSSR count). The first kappa shape index (κ1) is 13.1. The van der Waals surface area contributed by atoms with Gasteiger partial charge in [0.1, 0.15) is 6.04 Å². The van der Waals surface area contributed by atoms with E-state index in [2.05, 4.69) is 30.0 Å². The fourth-order valence-corrected chi connectivity index (χ4v) is 1.18. The molecular weight excluding hydrogens is 228 g/mol. The molecule has 8 nitrogen and oxygen atoms in total. The third-order valence-corrected chi connectivity index (χ3v) is 1.90. The molecule has 2 N–H and O–H groups in total. The Morgan fingerprint density at radius 2 is 2.35 bits per heavy atom. The summed E-state index contributed by atoms with van der Waals surface area (Å²) >= 11 is 0. The average molecular weight is 242 g/mol. The summed E-state index contributed by atoms with van der Waals surface area (Å²) in [7, 11) is 1.26. The Morgan fingerprint density at radius 3 is 2.88 bits per heavy atom. The Balaban J connectivity index is 2.38. The number of carbonyl (C=O) groups excluding carboxylic acids is 2. The van der Waals surface area contributed by atoms with Crippen LogP contribution in [0.4, 0.5) is 0 Å². The summed E-state index contributed by atoms with van der Waals surface area (Å²) in [6.45, 7) is 1.89. The second-order valence-corrected chi connectivity index (χ2v) is 3.25. The Bertz CT molecular complexity index is 365. The number of esters is 1. The largest absolute Gasteiger partial charge is 0.467 e. The predicted molar refractivity (Wildman–Crippen MR) is 55.6 cm³/mol. The number of rotatable bonds is 6. The first-order valence-electron chi connectivity index (χ1n) is 4.94. The molecule has 0 aliphatic carbocycles. The molecule has 1 unspecified atom stereocenters. The maximum atomic E-state index is 11.3. The molecule has 0 bridgehead atoms. The quantitative estimate of drug-likeness (QED) is 0.606. The van der Waals surface area contributed by atoms with E-state index in [1.165, 1.54) is 20.4 Å². The van der Waals surface area contributed by atoms with E-state index in [1.807, 2.05) is 0 Å². The number of nitrogens with one attached hydrogen (secondary N) is 2. The van der Waals surface area contributed by atoms with Gasteiger partial charge in [0.15, 0.2) is 5.82 Å². The molecule has 0 saturated heterocycles. The molecular formula is C9H14N4O4. The number of aromatic nitrogens is 2. The molecule has 1 amide bonds. The molecule has 0 radical (unpaired) electrons. The van der Waals surface area contributed by atoms with E-state index in [0.717, 1.165) is 0 Å². The van der Waals surface area contributed by atoms with Gasteiger partial charge < -0.3 is 19.9 Å². The molecule has 1 aromatic rings. The molecule has 8 heteroatoms. The highest BCUT2D eigenvalue weighted by Gasteiger charge is 2.19. The first-order chi connectivity index (χ1) is 8.13. The monoisotopic (exact) mass is 242 g/mol. The van der Waals surface area contributed by atoms with Crippen molar-refractivity contribution < 1.29 is 18.8 Å². The van der Waals surface area contributed by atoms with Crippen LogP contribution in [0.3, 0.4) is 0 Å². The van der Waals surface area contributed by atoms with Crippen molar-refractivity contribution in [2.24, 2.45) is 0 Å². The van der Waals surface area contributed by atoms with E-state index in [1.54, 1.807) is 0 Å². The van der Waals surface area contributed by atoms with Crippen LogP contribution in [-0.2, 0) is 20.9 Å². The van der Waals surface area contributed by atoms with Crippen molar-refractivity contribution in [3.05, 3.63) is 12.2 Å². The van der Waals surface area contributed by atoms with E-state index < -0.39 is 12.0 Å². The van der Waals surface area contributed by atoms with Crippen molar-refractivity contribution in [2.75, 3.05) is 13.7 Å². The molecule has 0 fully saturated rings. The van der Waals surface area contributed by atoms with Gasteiger partial charge >= 0.3 is 5.97 Å². The number of hydrogen-bond donors (Lipinski definition) is 2. The second-order valence-electron chi connectivity index (χ2n) is 3.25. The number of hydrogen-bond acceptors (Lipinski definition) is 7. The van der Waals surface area contributed by atoms with Gasteiger partial charge in [-0.05, 0) is 0 Å². The molecule has 1 aromatic heterocycles. The number of methoxy groups -OCH3 is 1. The van der Waals surface area contributed by atoms with Crippen LogP contribution in [0.25, 0.3) is 0 Å². The van der Waals surface area contributed by atoms with Gasteiger partial charge in [0.2, 0.25) is 12.3 Å². The summed E-state index contributed by atoms with van der Waals surface area (Å²) in [5.41, 5.74) is 0. The lowest BCUT2D eigenvalue weighted by Crippen LogP contribution is -2.47. The lowest BCUT2D eigenvalue weighted by molar-refractivity contribution is -0.144. The highest BCUT2D eigenvalue weighted by molar-refractivity contribution is 5.83. The topological polar surface area (TPSA) is 106 Å². The van der Waals surface area contributed by atoms with E-state index in [9.17, 15) is 9.59 Å². The van der Waals surface area contributed by atoms with Gasteiger partial charge in [0.05, 0.1) is 13.7 Å². The maximum Gasteiger partial charge on any atom is 0.329 e. The van der Waals surface area contributed by atoms with Crippen LogP contribution in [0.1, 0.15) is 12.7 Å². The van der Waals surface area contributed by atoms with Gasteiger partial charge in [-0.3, -0.25) is 4.79 Å². The summed E-state index contributed by atoms with van der Waals surface area (Å²) in [5, 5.41) is 8.97. The third kappa shape index (κ3) is 4.60. The van der Waals surface area contributed by atoms with Crippen LogP contribution < -0.4 is 10.6 Å². The smallest absolute Gasteiger partial charge is 0.329 e. The Morgan fingerprint density at radius 1 is 1.59 bits per heavy atom. The molecule has 0 saturated carbocycles. The lowest BCUT2D eigenvalue weighted by atomic mass is 10.3. The highest BCUT2D eigenvalue weighted by Crippen LogP contribution is 1.90. The second kappa shape index (κ2) is 6.59.